The van der Waals surface area contributed by atoms with Gasteiger partial charge in [-0.15, -0.1) is 0 Å². The van der Waals surface area contributed by atoms with Gasteiger partial charge in [0.2, 0.25) is 5.91 Å². The van der Waals surface area contributed by atoms with E-state index in [1.54, 1.807) is 0 Å². The summed E-state index contributed by atoms with van der Waals surface area (Å²) in [6.45, 7) is 6.43. The number of rotatable bonds is 5. The summed E-state index contributed by atoms with van der Waals surface area (Å²) >= 11 is 0. The first-order valence-electron chi connectivity index (χ1n) is 7.21. The van der Waals surface area contributed by atoms with Crippen molar-refractivity contribution in [1.29, 1.82) is 0 Å². The van der Waals surface area contributed by atoms with Gasteiger partial charge >= 0.3 is 0 Å². The van der Waals surface area contributed by atoms with Gasteiger partial charge in [0.15, 0.2) is 0 Å². The fraction of sp³-hybridized carbons (Fsp3) is 0.278. The Hall–Kier alpha value is -2.13. The molecule has 0 fully saturated rings. The van der Waals surface area contributed by atoms with Crippen molar-refractivity contribution < 1.29 is 4.79 Å². The van der Waals surface area contributed by atoms with Crippen LogP contribution in [0.15, 0.2) is 48.5 Å². The highest BCUT2D eigenvalue weighted by Gasteiger charge is 2.07. The molecular formula is C18H22N2O. The van der Waals surface area contributed by atoms with E-state index in [2.05, 4.69) is 48.7 Å². The molecule has 0 unspecified atom stereocenters. The van der Waals surface area contributed by atoms with Crippen molar-refractivity contribution in [3.8, 4) is 0 Å². The predicted octanol–water partition coefficient (Wildman–Crippen LogP) is 3.59. The van der Waals surface area contributed by atoms with E-state index in [4.69, 9.17) is 0 Å². The summed E-state index contributed by atoms with van der Waals surface area (Å²) < 4.78 is 0. The monoisotopic (exact) mass is 282 g/mol. The average molecular weight is 282 g/mol. The van der Waals surface area contributed by atoms with Gasteiger partial charge in [0.05, 0.1) is 6.54 Å². The van der Waals surface area contributed by atoms with Crippen molar-refractivity contribution in [3.05, 3.63) is 65.2 Å². The van der Waals surface area contributed by atoms with E-state index >= 15 is 0 Å². The van der Waals surface area contributed by atoms with E-state index in [1.807, 2.05) is 31.2 Å². The largest absolute Gasteiger partial charge is 0.325 e. The van der Waals surface area contributed by atoms with Crippen LogP contribution in [0.2, 0.25) is 0 Å². The molecule has 1 amide bonds. The molecule has 0 saturated carbocycles. The van der Waals surface area contributed by atoms with Crippen LogP contribution in [0, 0.1) is 13.8 Å². The van der Waals surface area contributed by atoms with Crippen molar-refractivity contribution in [3.63, 3.8) is 0 Å². The second-order valence-electron chi connectivity index (χ2n) is 5.43. The first kappa shape index (κ1) is 15.3. The van der Waals surface area contributed by atoms with Gasteiger partial charge in [-0.1, -0.05) is 42.0 Å². The number of aryl methyl sites for hydroxylation is 2. The van der Waals surface area contributed by atoms with Crippen LogP contribution < -0.4 is 10.6 Å². The normalized spacial score (nSPS) is 12.0. The zero-order chi connectivity index (χ0) is 15.2. The Morgan fingerprint density at radius 3 is 2.43 bits per heavy atom. The van der Waals surface area contributed by atoms with Crippen molar-refractivity contribution in [2.45, 2.75) is 26.8 Å². The molecule has 0 aliphatic heterocycles. The molecule has 2 aromatic carbocycles. The molecule has 110 valence electrons. The molecule has 2 N–H and O–H groups in total. The molecule has 0 spiro atoms. The summed E-state index contributed by atoms with van der Waals surface area (Å²) in [4.78, 5) is 11.9. The maximum Gasteiger partial charge on any atom is 0.238 e. The molecule has 0 aliphatic carbocycles. The molecule has 21 heavy (non-hydrogen) atoms. The van der Waals surface area contributed by atoms with Crippen LogP contribution in [0.25, 0.3) is 0 Å². The number of amides is 1. The van der Waals surface area contributed by atoms with Gasteiger partial charge in [-0.05, 0) is 44.0 Å². The zero-order valence-electron chi connectivity index (χ0n) is 12.8. The van der Waals surface area contributed by atoms with Crippen molar-refractivity contribution in [2.24, 2.45) is 0 Å². The summed E-state index contributed by atoms with van der Waals surface area (Å²) in [7, 11) is 0. The number of carbonyl (C=O) groups excluding carboxylic acids is 1. The third-order valence-corrected chi connectivity index (χ3v) is 3.45. The lowest BCUT2D eigenvalue weighted by molar-refractivity contribution is -0.115. The molecule has 2 aromatic rings. The number of hydrogen-bond donors (Lipinski definition) is 2. The number of carbonyl (C=O) groups is 1. The molecule has 2 rings (SSSR count). The van der Waals surface area contributed by atoms with Gasteiger partial charge in [-0.3, -0.25) is 4.79 Å². The zero-order valence-corrected chi connectivity index (χ0v) is 12.8. The van der Waals surface area contributed by atoms with E-state index < -0.39 is 0 Å². The minimum atomic E-state index is -0.0282. The second-order valence-corrected chi connectivity index (χ2v) is 5.43. The third-order valence-electron chi connectivity index (χ3n) is 3.45. The van der Waals surface area contributed by atoms with Gasteiger partial charge in [0.1, 0.15) is 0 Å². The lowest BCUT2D eigenvalue weighted by Crippen LogP contribution is -2.30. The molecular weight excluding hydrogens is 260 g/mol. The first-order valence-corrected chi connectivity index (χ1v) is 7.21. The van der Waals surface area contributed by atoms with E-state index in [-0.39, 0.29) is 11.9 Å². The van der Waals surface area contributed by atoms with Crippen LogP contribution >= 0.6 is 0 Å². The summed E-state index contributed by atoms with van der Waals surface area (Å²) in [5.41, 5.74) is 4.39. The Bertz CT molecular complexity index is 605. The van der Waals surface area contributed by atoms with Crippen molar-refractivity contribution in [1.82, 2.24) is 5.32 Å². The Morgan fingerprint density at radius 1 is 1.05 bits per heavy atom. The molecule has 0 bridgehead atoms. The Kier molecular flexibility index (Phi) is 5.12. The Balaban J connectivity index is 1.84. The van der Waals surface area contributed by atoms with E-state index in [0.717, 1.165) is 11.3 Å². The molecule has 0 radical (unpaired) electrons. The fourth-order valence-corrected chi connectivity index (χ4v) is 2.15. The fourth-order valence-electron chi connectivity index (χ4n) is 2.15. The summed E-state index contributed by atoms with van der Waals surface area (Å²) in [6.07, 6.45) is 0. The molecule has 3 heteroatoms. The third kappa shape index (κ3) is 4.72. The highest BCUT2D eigenvalue weighted by Crippen LogP contribution is 2.13. The minimum absolute atomic E-state index is 0.0282. The lowest BCUT2D eigenvalue weighted by Gasteiger charge is -2.14. The molecule has 0 saturated heterocycles. The molecule has 0 aliphatic rings. The highest BCUT2D eigenvalue weighted by molar-refractivity contribution is 5.92. The number of benzene rings is 2. The highest BCUT2D eigenvalue weighted by atomic mass is 16.1. The van der Waals surface area contributed by atoms with Crippen LogP contribution in [0.1, 0.15) is 29.7 Å². The molecule has 0 heterocycles. The maximum atomic E-state index is 11.9. The summed E-state index contributed by atoms with van der Waals surface area (Å²) in [6, 6.07) is 16.3. The first-order chi connectivity index (χ1) is 10.0. The molecule has 3 nitrogen and oxygen atoms in total. The quantitative estimate of drug-likeness (QED) is 0.880. The van der Waals surface area contributed by atoms with Crippen LogP contribution in [0.4, 0.5) is 5.69 Å². The predicted molar refractivity (Wildman–Crippen MR) is 87.4 cm³/mol. The van der Waals surface area contributed by atoms with Gasteiger partial charge in [0.25, 0.3) is 0 Å². The average Bonchev–Trinajstić information content (AvgIpc) is 2.45. The minimum Gasteiger partial charge on any atom is -0.325 e. The molecule has 1 atom stereocenters. The maximum absolute atomic E-state index is 11.9. The Labute approximate surface area is 126 Å². The number of nitrogens with one attached hydrogen (secondary N) is 2. The summed E-state index contributed by atoms with van der Waals surface area (Å²) in [5, 5.41) is 6.14. The van der Waals surface area contributed by atoms with E-state index in [1.165, 1.54) is 11.1 Å². The van der Waals surface area contributed by atoms with Crippen LogP contribution in [-0.4, -0.2) is 12.5 Å². The van der Waals surface area contributed by atoms with Gasteiger partial charge in [-0.25, -0.2) is 0 Å². The lowest BCUT2D eigenvalue weighted by atomic mass is 10.1. The molecule has 0 aromatic heterocycles. The number of hydrogen-bond acceptors (Lipinski definition) is 2. The summed E-state index contributed by atoms with van der Waals surface area (Å²) in [5.74, 6) is -0.0282. The van der Waals surface area contributed by atoms with Gasteiger partial charge < -0.3 is 10.6 Å². The van der Waals surface area contributed by atoms with Crippen molar-refractivity contribution in [2.75, 3.05) is 11.9 Å². The van der Waals surface area contributed by atoms with Gasteiger partial charge in [-0.2, -0.15) is 0 Å². The second kappa shape index (κ2) is 7.04. The van der Waals surface area contributed by atoms with E-state index in [9.17, 15) is 4.79 Å². The van der Waals surface area contributed by atoms with E-state index in [0.29, 0.717) is 6.54 Å². The topological polar surface area (TPSA) is 41.1 Å². The SMILES string of the molecule is Cc1ccc([C@@H](C)NCC(=O)Nc2cccc(C)c2)cc1. The number of anilines is 1. The van der Waals surface area contributed by atoms with Crippen molar-refractivity contribution >= 4 is 11.6 Å². The Morgan fingerprint density at radius 2 is 1.76 bits per heavy atom. The van der Waals surface area contributed by atoms with Crippen LogP contribution in [0.3, 0.4) is 0 Å². The van der Waals surface area contributed by atoms with Crippen LogP contribution in [-0.2, 0) is 4.79 Å². The standard InChI is InChI=1S/C18H22N2O/c1-13-7-9-16(10-8-13)15(3)19-12-18(21)20-17-6-4-5-14(2)11-17/h4-11,15,19H,12H2,1-3H3,(H,20,21)/t15-/m1/s1. The van der Waals surface area contributed by atoms with Crippen LogP contribution in [0.5, 0.6) is 0 Å². The smallest absolute Gasteiger partial charge is 0.238 e. The van der Waals surface area contributed by atoms with Gasteiger partial charge in [0, 0.05) is 11.7 Å².